The number of nitrogens with one attached hydrogen (secondary N) is 2. The monoisotopic (exact) mass is 306 g/mol. The minimum atomic E-state index is 0.527. The van der Waals surface area contributed by atoms with E-state index in [1.54, 1.807) is 0 Å². The lowest BCUT2D eigenvalue weighted by molar-refractivity contribution is 0.357. The van der Waals surface area contributed by atoms with Gasteiger partial charge in [-0.05, 0) is 55.3 Å². The summed E-state index contributed by atoms with van der Waals surface area (Å²) in [4.78, 5) is 0. The largest absolute Gasteiger partial charge is 0.312 e. The van der Waals surface area contributed by atoms with Crippen LogP contribution in [0.3, 0.4) is 0 Å². The summed E-state index contributed by atoms with van der Waals surface area (Å²) in [7, 11) is 0. The minimum absolute atomic E-state index is 0.527. The fraction of sp³-hybridized carbons (Fsp3) is 0.429. The van der Waals surface area contributed by atoms with E-state index in [2.05, 4.69) is 65.2 Å². The molecular weight excluding hydrogens is 280 g/mol. The van der Waals surface area contributed by atoms with Gasteiger partial charge >= 0.3 is 0 Å². The lowest BCUT2D eigenvalue weighted by atomic mass is 9.97. The molecule has 0 radical (unpaired) electrons. The van der Waals surface area contributed by atoms with Gasteiger partial charge in [-0.2, -0.15) is 0 Å². The maximum absolute atomic E-state index is 3.99. The molecule has 0 saturated carbocycles. The summed E-state index contributed by atoms with van der Waals surface area (Å²) < 4.78 is 0. The molecule has 1 heterocycles. The van der Waals surface area contributed by atoms with Crippen LogP contribution in [0.4, 0.5) is 0 Å². The topological polar surface area (TPSA) is 24.1 Å². The Morgan fingerprint density at radius 2 is 1.65 bits per heavy atom. The molecule has 120 valence electrons. The second-order valence-electron chi connectivity index (χ2n) is 7.04. The Morgan fingerprint density at radius 1 is 0.957 bits per heavy atom. The summed E-state index contributed by atoms with van der Waals surface area (Å²) in [6.45, 7) is 1.17. The Bertz CT molecular complexity index is 606. The Morgan fingerprint density at radius 3 is 2.30 bits per heavy atom. The molecule has 1 aliphatic heterocycles. The maximum Gasteiger partial charge on any atom is 0.0264 e. The fourth-order valence-electron chi connectivity index (χ4n) is 4.22. The third-order valence-corrected chi connectivity index (χ3v) is 5.38. The minimum Gasteiger partial charge on any atom is -0.312 e. The van der Waals surface area contributed by atoms with Crippen LogP contribution in [-0.2, 0) is 19.3 Å². The van der Waals surface area contributed by atoms with E-state index in [1.807, 2.05) is 0 Å². The molecule has 1 saturated heterocycles. The SMILES string of the molecule is c1ccc(CC(NC2Cc3ccccc3C2)C2CCCN2)cc1. The van der Waals surface area contributed by atoms with Crippen molar-refractivity contribution in [2.45, 2.75) is 50.2 Å². The van der Waals surface area contributed by atoms with Crippen molar-refractivity contribution in [1.82, 2.24) is 10.6 Å². The molecule has 1 fully saturated rings. The summed E-state index contributed by atoms with van der Waals surface area (Å²) >= 11 is 0. The molecule has 2 aliphatic rings. The summed E-state index contributed by atoms with van der Waals surface area (Å²) in [5.74, 6) is 0. The number of fused-ring (bicyclic) bond motifs is 1. The van der Waals surface area contributed by atoms with E-state index in [1.165, 1.54) is 48.9 Å². The molecule has 2 aromatic rings. The Hall–Kier alpha value is -1.64. The molecule has 2 unspecified atom stereocenters. The summed E-state index contributed by atoms with van der Waals surface area (Å²) in [6.07, 6.45) is 6.07. The number of hydrogen-bond acceptors (Lipinski definition) is 2. The first-order valence-electron chi connectivity index (χ1n) is 8.98. The van der Waals surface area contributed by atoms with E-state index >= 15 is 0 Å². The van der Waals surface area contributed by atoms with Crippen LogP contribution in [0.2, 0.25) is 0 Å². The number of hydrogen-bond donors (Lipinski definition) is 2. The van der Waals surface area contributed by atoms with E-state index in [0.29, 0.717) is 18.1 Å². The summed E-state index contributed by atoms with van der Waals surface area (Å²) in [6, 6.07) is 21.6. The van der Waals surface area contributed by atoms with E-state index in [-0.39, 0.29) is 0 Å². The highest BCUT2D eigenvalue weighted by atomic mass is 15.1. The van der Waals surface area contributed by atoms with Gasteiger partial charge in [0.25, 0.3) is 0 Å². The van der Waals surface area contributed by atoms with Crippen LogP contribution < -0.4 is 10.6 Å². The molecule has 2 atom stereocenters. The van der Waals surface area contributed by atoms with Crippen LogP contribution in [0.1, 0.15) is 29.5 Å². The molecular formula is C21H26N2. The van der Waals surface area contributed by atoms with Gasteiger partial charge in [-0.1, -0.05) is 54.6 Å². The maximum atomic E-state index is 3.99. The molecule has 0 spiro atoms. The summed E-state index contributed by atoms with van der Waals surface area (Å²) in [5.41, 5.74) is 4.50. The van der Waals surface area contributed by atoms with Crippen LogP contribution in [-0.4, -0.2) is 24.7 Å². The zero-order valence-electron chi connectivity index (χ0n) is 13.7. The molecule has 2 nitrogen and oxygen atoms in total. The van der Waals surface area contributed by atoms with Crippen molar-refractivity contribution in [3.8, 4) is 0 Å². The first-order valence-corrected chi connectivity index (χ1v) is 8.98. The van der Waals surface area contributed by atoms with Gasteiger partial charge in [-0.15, -0.1) is 0 Å². The Labute approximate surface area is 139 Å². The zero-order chi connectivity index (χ0) is 15.5. The van der Waals surface area contributed by atoms with Crippen molar-refractivity contribution in [3.05, 3.63) is 71.3 Å². The van der Waals surface area contributed by atoms with Gasteiger partial charge in [0.2, 0.25) is 0 Å². The Kier molecular flexibility index (Phi) is 4.45. The van der Waals surface area contributed by atoms with Crippen LogP contribution in [0, 0.1) is 0 Å². The average molecular weight is 306 g/mol. The van der Waals surface area contributed by atoms with Gasteiger partial charge in [0.15, 0.2) is 0 Å². The quantitative estimate of drug-likeness (QED) is 0.887. The second-order valence-corrected chi connectivity index (χ2v) is 7.04. The van der Waals surface area contributed by atoms with Crippen molar-refractivity contribution >= 4 is 0 Å². The van der Waals surface area contributed by atoms with Gasteiger partial charge in [-0.3, -0.25) is 0 Å². The molecule has 2 N–H and O–H groups in total. The Balaban J connectivity index is 1.46. The third-order valence-electron chi connectivity index (χ3n) is 5.38. The molecule has 2 heteroatoms. The first kappa shape index (κ1) is 14.9. The van der Waals surface area contributed by atoms with Crippen molar-refractivity contribution < 1.29 is 0 Å². The zero-order valence-corrected chi connectivity index (χ0v) is 13.7. The standard InChI is InChI=1S/C21H26N2/c1-2-7-16(8-3-1)13-21(20-11-6-12-22-20)23-19-14-17-9-4-5-10-18(17)15-19/h1-5,7-10,19-23H,6,11-15H2. The fourth-order valence-corrected chi connectivity index (χ4v) is 4.22. The predicted octanol–water partition coefficient (Wildman–Crippen LogP) is 3.11. The first-order chi connectivity index (χ1) is 11.4. The van der Waals surface area contributed by atoms with E-state index in [4.69, 9.17) is 0 Å². The normalized spacial score (nSPS) is 22.2. The molecule has 1 aliphatic carbocycles. The number of benzene rings is 2. The van der Waals surface area contributed by atoms with Gasteiger partial charge < -0.3 is 10.6 Å². The van der Waals surface area contributed by atoms with Gasteiger partial charge in [-0.25, -0.2) is 0 Å². The highest BCUT2D eigenvalue weighted by Crippen LogP contribution is 2.23. The van der Waals surface area contributed by atoms with Gasteiger partial charge in [0.1, 0.15) is 0 Å². The molecule has 0 aromatic heterocycles. The number of rotatable bonds is 5. The second kappa shape index (κ2) is 6.86. The highest BCUT2D eigenvalue weighted by Gasteiger charge is 2.29. The smallest absolute Gasteiger partial charge is 0.0264 e. The average Bonchev–Trinajstić information content (AvgIpc) is 3.24. The van der Waals surface area contributed by atoms with Crippen molar-refractivity contribution in [1.29, 1.82) is 0 Å². The van der Waals surface area contributed by atoms with Crippen LogP contribution >= 0.6 is 0 Å². The molecule has 2 aromatic carbocycles. The predicted molar refractivity (Wildman–Crippen MR) is 95.7 cm³/mol. The van der Waals surface area contributed by atoms with E-state index < -0.39 is 0 Å². The van der Waals surface area contributed by atoms with Crippen LogP contribution in [0.25, 0.3) is 0 Å². The molecule has 23 heavy (non-hydrogen) atoms. The van der Waals surface area contributed by atoms with Crippen LogP contribution in [0.15, 0.2) is 54.6 Å². The lowest BCUT2D eigenvalue weighted by Crippen LogP contribution is -2.50. The summed E-state index contributed by atoms with van der Waals surface area (Å²) in [5, 5.41) is 7.70. The van der Waals surface area contributed by atoms with E-state index in [0.717, 1.165) is 6.42 Å². The van der Waals surface area contributed by atoms with Crippen molar-refractivity contribution in [2.24, 2.45) is 0 Å². The molecule has 4 rings (SSSR count). The van der Waals surface area contributed by atoms with Gasteiger partial charge in [0.05, 0.1) is 0 Å². The van der Waals surface area contributed by atoms with E-state index in [9.17, 15) is 0 Å². The van der Waals surface area contributed by atoms with Crippen LogP contribution in [0.5, 0.6) is 0 Å². The highest BCUT2D eigenvalue weighted by molar-refractivity contribution is 5.33. The van der Waals surface area contributed by atoms with Gasteiger partial charge in [0, 0.05) is 18.1 Å². The van der Waals surface area contributed by atoms with Crippen molar-refractivity contribution in [3.63, 3.8) is 0 Å². The third kappa shape index (κ3) is 3.49. The lowest BCUT2D eigenvalue weighted by Gasteiger charge is -2.28. The molecule has 0 bridgehead atoms. The molecule has 0 amide bonds. The van der Waals surface area contributed by atoms with Crippen molar-refractivity contribution in [2.75, 3.05) is 6.54 Å².